The minimum Gasteiger partial charge on any atom is -0.361 e. The maximum atomic E-state index is 5.42. The van der Waals surface area contributed by atoms with E-state index < -0.39 is 0 Å². The number of rotatable bonds is 8. The monoisotopic (exact) mass is 335 g/mol. The molecule has 0 amide bonds. The fourth-order valence-corrected chi connectivity index (χ4v) is 3.27. The van der Waals surface area contributed by atoms with Crippen LogP contribution in [-0.4, -0.2) is 49.2 Å². The van der Waals surface area contributed by atoms with E-state index in [-0.39, 0.29) is 0 Å². The quantitative estimate of drug-likeness (QED) is 0.563. The lowest BCUT2D eigenvalue weighted by Gasteiger charge is -2.21. The highest BCUT2D eigenvalue weighted by Gasteiger charge is 2.16. The van der Waals surface area contributed by atoms with Crippen LogP contribution in [0.2, 0.25) is 0 Å². The number of guanidine groups is 1. The molecule has 1 unspecified atom stereocenters. The van der Waals surface area contributed by atoms with Crippen LogP contribution in [0.3, 0.4) is 0 Å². The third kappa shape index (κ3) is 5.23. The van der Waals surface area contributed by atoms with Gasteiger partial charge in [0.2, 0.25) is 0 Å². The second kappa shape index (κ2) is 9.67. The molecule has 2 N–H and O–H groups in total. The van der Waals surface area contributed by atoms with Crippen LogP contribution in [-0.2, 0) is 19.4 Å². The summed E-state index contributed by atoms with van der Waals surface area (Å²) < 4.78 is 5.42. The van der Waals surface area contributed by atoms with Crippen LogP contribution in [0.5, 0.6) is 0 Å². The second-order valence-corrected chi connectivity index (χ2v) is 6.66. The second-order valence-electron chi connectivity index (χ2n) is 6.66. The molecule has 0 radical (unpaired) electrons. The van der Waals surface area contributed by atoms with Crippen molar-refractivity contribution in [2.24, 2.45) is 10.9 Å². The SMILES string of the molecule is CCc1noc(CC)c1CNC(=NC)NCC(C)CN1CCCC1. The number of likely N-dealkylation sites (tertiary alicyclic amines) is 1. The minimum absolute atomic E-state index is 0.606. The molecular formula is C18H33N5O. The summed E-state index contributed by atoms with van der Waals surface area (Å²) in [7, 11) is 1.82. The Kier molecular flexibility index (Phi) is 7.56. The van der Waals surface area contributed by atoms with Crippen molar-refractivity contribution in [2.75, 3.05) is 33.2 Å². The van der Waals surface area contributed by atoms with E-state index in [9.17, 15) is 0 Å². The average Bonchev–Trinajstić information content (AvgIpc) is 3.23. The number of nitrogens with one attached hydrogen (secondary N) is 2. The third-order valence-corrected chi connectivity index (χ3v) is 4.65. The topological polar surface area (TPSA) is 65.7 Å². The molecule has 136 valence electrons. The molecule has 1 aromatic rings. The Morgan fingerprint density at radius 2 is 2.00 bits per heavy atom. The molecule has 6 heteroatoms. The lowest BCUT2D eigenvalue weighted by molar-refractivity contribution is 0.287. The van der Waals surface area contributed by atoms with E-state index in [4.69, 9.17) is 4.52 Å². The lowest BCUT2D eigenvalue weighted by Crippen LogP contribution is -2.41. The first-order valence-electron chi connectivity index (χ1n) is 9.31. The van der Waals surface area contributed by atoms with Crippen LogP contribution < -0.4 is 10.6 Å². The van der Waals surface area contributed by atoms with Crippen molar-refractivity contribution in [3.63, 3.8) is 0 Å². The first-order chi connectivity index (χ1) is 11.7. The van der Waals surface area contributed by atoms with Crippen molar-refractivity contribution in [1.29, 1.82) is 0 Å². The fraction of sp³-hybridized carbons (Fsp3) is 0.778. The lowest BCUT2D eigenvalue weighted by atomic mass is 10.1. The molecule has 2 rings (SSSR count). The van der Waals surface area contributed by atoms with Gasteiger partial charge < -0.3 is 20.1 Å². The first kappa shape index (κ1) is 18.8. The summed E-state index contributed by atoms with van der Waals surface area (Å²) >= 11 is 0. The molecule has 24 heavy (non-hydrogen) atoms. The highest BCUT2D eigenvalue weighted by atomic mass is 16.5. The number of hydrogen-bond acceptors (Lipinski definition) is 4. The molecule has 0 spiro atoms. The highest BCUT2D eigenvalue weighted by Crippen LogP contribution is 2.15. The molecule has 1 saturated heterocycles. The molecule has 1 aliphatic rings. The molecule has 1 aromatic heterocycles. The van der Waals surface area contributed by atoms with Gasteiger partial charge in [0.25, 0.3) is 0 Å². The Balaban J connectivity index is 1.79. The summed E-state index contributed by atoms with van der Waals surface area (Å²) in [5, 5.41) is 11.0. The molecule has 6 nitrogen and oxygen atoms in total. The molecule has 1 atom stereocenters. The summed E-state index contributed by atoms with van der Waals surface area (Å²) in [4.78, 5) is 6.89. The van der Waals surface area contributed by atoms with Crippen LogP contribution in [0.4, 0.5) is 0 Å². The van der Waals surface area contributed by atoms with Gasteiger partial charge in [-0.2, -0.15) is 0 Å². The zero-order chi connectivity index (χ0) is 17.4. The van der Waals surface area contributed by atoms with E-state index in [0.717, 1.165) is 43.3 Å². The summed E-state index contributed by atoms with van der Waals surface area (Å²) in [6, 6.07) is 0. The molecule has 0 saturated carbocycles. The Hall–Kier alpha value is -1.56. The van der Waals surface area contributed by atoms with E-state index >= 15 is 0 Å². The molecule has 1 aliphatic heterocycles. The normalized spacial score (nSPS) is 17.2. The van der Waals surface area contributed by atoms with E-state index in [1.54, 1.807) is 0 Å². The number of aromatic nitrogens is 1. The van der Waals surface area contributed by atoms with E-state index in [0.29, 0.717) is 12.5 Å². The summed E-state index contributed by atoms with van der Waals surface area (Å²) in [6.07, 6.45) is 4.45. The Bertz CT molecular complexity index is 498. The van der Waals surface area contributed by atoms with Crippen LogP contribution in [0.15, 0.2) is 9.52 Å². The molecule has 0 aliphatic carbocycles. The van der Waals surface area contributed by atoms with Crippen molar-refractivity contribution < 1.29 is 4.52 Å². The minimum atomic E-state index is 0.606. The number of hydrogen-bond donors (Lipinski definition) is 2. The standard InChI is InChI=1S/C18H33N5O/c1-5-16-15(17(6-2)24-22-16)12-21-18(19-4)20-11-14(3)13-23-9-7-8-10-23/h14H,5-13H2,1-4H3,(H2,19,20,21). The summed E-state index contributed by atoms with van der Waals surface area (Å²) in [6.45, 7) is 11.8. The van der Waals surface area contributed by atoms with Crippen molar-refractivity contribution in [3.05, 3.63) is 17.0 Å². The van der Waals surface area contributed by atoms with Gasteiger partial charge >= 0.3 is 0 Å². The largest absolute Gasteiger partial charge is 0.361 e. The average molecular weight is 335 g/mol. The zero-order valence-corrected chi connectivity index (χ0v) is 15.7. The Morgan fingerprint density at radius 1 is 1.25 bits per heavy atom. The van der Waals surface area contributed by atoms with Crippen LogP contribution in [0.25, 0.3) is 0 Å². The van der Waals surface area contributed by atoms with Gasteiger partial charge in [-0.05, 0) is 38.3 Å². The molecule has 2 heterocycles. The van der Waals surface area contributed by atoms with E-state index in [1.807, 2.05) is 7.05 Å². The van der Waals surface area contributed by atoms with Crippen LogP contribution in [0, 0.1) is 5.92 Å². The van der Waals surface area contributed by atoms with Crippen molar-refractivity contribution in [3.8, 4) is 0 Å². The first-order valence-corrected chi connectivity index (χ1v) is 9.31. The van der Waals surface area contributed by atoms with Crippen LogP contribution in [0.1, 0.15) is 50.6 Å². The van der Waals surface area contributed by atoms with Gasteiger partial charge in [-0.1, -0.05) is 25.9 Å². The smallest absolute Gasteiger partial charge is 0.191 e. The number of aryl methyl sites for hydroxylation is 2. The van der Waals surface area contributed by atoms with Crippen molar-refractivity contribution in [1.82, 2.24) is 20.7 Å². The van der Waals surface area contributed by atoms with Crippen molar-refractivity contribution >= 4 is 5.96 Å². The van der Waals surface area contributed by atoms with Crippen LogP contribution >= 0.6 is 0 Å². The zero-order valence-electron chi connectivity index (χ0n) is 15.7. The van der Waals surface area contributed by atoms with E-state index in [2.05, 4.69) is 46.5 Å². The van der Waals surface area contributed by atoms with Gasteiger partial charge in [0, 0.05) is 38.7 Å². The van der Waals surface area contributed by atoms with Gasteiger partial charge in [-0.3, -0.25) is 4.99 Å². The Labute approximate surface area is 146 Å². The molecule has 0 aromatic carbocycles. The maximum absolute atomic E-state index is 5.42. The predicted molar refractivity (Wildman–Crippen MR) is 98.3 cm³/mol. The Morgan fingerprint density at radius 3 is 2.62 bits per heavy atom. The maximum Gasteiger partial charge on any atom is 0.191 e. The highest BCUT2D eigenvalue weighted by molar-refractivity contribution is 5.79. The van der Waals surface area contributed by atoms with E-state index in [1.165, 1.54) is 31.5 Å². The number of nitrogens with zero attached hydrogens (tertiary/aromatic N) is 3. The van der Waals surface area contributed by atoms with Crippen molar-refractivity contribution in [2.45, 2.75) is 53.0 Å². The molecule has 0 bridgehead atoms. The molecule has 1 fully saturated rings. The predicted octanol–water partition coefficient (Wildman–Crippen LogP) is 2.20. The van der Waals surface area contributed by atoms with Gasteiger partial charge in [0.15, 0.2) is 5.96 Å². The summed E-state index contributed by atoms with van der Waals surface area (Å²) in [5.74, 6) is 2.42. The van der Waals surface area contributed by atoms with Gasteiger partial charge in [-0.25, -0.2) is 0 Å². The molecular weight excluding hydrogens is 302 g/mol. The third-order valence-electron chi connectivity index (χ3n) is 4.65. The van der Waals surface area contributed by atoms with Gasteiger partial charge in [-0.15, -0.1) is 0 Å². The number of aliphatic imine (C=N–C) groups is 1. The van der Waals surface area contributed by atoms with Gasteiger partial charge in [0.1, 0.15) is 5.76 Å². The van der Waals surface area contributed by atoms with Gasteiger partial charge in [0.05, 0.1) is 5.69 Å². The fourth-order valence-electron chi connectivity index (χ4n) is 3.27. The summed E-state index contributed by atoms with van der Waals surface area (Å²) in [5.41, 5.74) is 2.21.